The van der Waals surface area contributed by atoms with Crippen LogP contribution in [0.3, 0.4) is 0 Å². The SMILES string of the molecule is Cc1cc(-c2nnc3c(C(C)(C)C)cc(OCc4nccn4Cc4ccccc4)nn23)no1. The molecule has 0 saturated heterocycles. The standard InChI is InChI=1S/C24H25N7O2/c1-16-12-19(29-33-16)23-27-26-22-18(24(2,3)4)13-21(28-31(22)23)32-15-20-25-10-11-30(20)14-17-8-6-5-7-9-17/h5-13H,14-15H2,1-4H3. The van der Waals surface area contributed by atoms with Crippen LogP contribution < -0.4 is 4.74 Å². The first kappa shape index (κ1) is 20.9. The van der Waals surface area contributed by atoms with Gasteiger partial charge >= 0.3 is 0 Å². The van der Waals surface area contributed by atoms with Crippen LogP contribution in [-0.2, 0) is 18.6 Å². The minimum Gasteiger partial charge on any atom is -0.468 e. The maximum atomic E-state index is 6.12. The molecule has 0 aliphatic carbocycles. The van der Waals surface area contributed by atoms with Crippen molar-refractivity contribution >= 4 is 5.65 Å². The average Bonchev–Trinajstić information content (AvgIpc) is 3.51. The van der Waals surface area contributed by atoms with Gasteiger partial charge in [0.1, 0.15) is 18.2 Å². The predicted molar refractivity (Wildman–Crippen MR) is 122 cm³/mol. The monoisotopic (exact) mass is 443 g/mol. The van der Waals surface area contributed by atoms with Gasteiger partial charge in [-0.25, -0.2) is 4.98 Å². The first-order chi connectivity index (χ1) is 15.9. The number of hydrogen-bond acceptors (Lipinski definition) is 7. The van der Waals surface area contributed by atoms with E-state index in [1.165, 1.54) is 5.56 Å². The van der Waals surface area contributed by atoms with Crippen molar-refractivity contribution < 1.29 is 9.26 Å². The number of aryl methyl sites for hydroxylation is 1. The molecule has 0 atom stereocenters. The fourth-order valence-electron chi connectivity index (χ4n) is 3.65. The highest BCUT2D eigenvalue weighted by molar-refractivity contribution is 5.59. The van der Waals surface area contributed by atoms with Crippen molar-refractivity contribution in [2.75, 3.05) is 0 Å². The van der Waals surface area contributed by atoms with E-state index in [9.17, 15) is 0 Å². The molecule has 5 aromatic rings. The molecule has 0 fully saturated rings. The van der Waals surface area contributed by atoms with Crippen molar-refractivity contribution in [2.45, 2.75) is 46.3 Å². The lowest BCUT2D eigenvalue weighted by atomic mass is 9.88. The van der Waals surface area contributed by atoms with Crippen LogP contribution in [0.1, 0.15) is 43.5 Å². The van der Waals surface area contributed by atoms with Crippen molar-refractivity contribution in [1.82, 2.24) is 34.5 Å². The van der Waals surface area contributed by atoms with E-state index in [0.29, 0.717) is 28.8 Å². The maximum Gasteiger partial charge on any atom is 0.232 e. The topological polar surface area (TPSA) is 96.2 Å². The average molecular weight is 444 g/mol. The lowest BCUT2D eigenvalue weighted by molar-refractivity contribution is 0.274. The Kier molecular flexibility index (Phi) is 5.16. The molecule has 0 bridgehead atoms. The summed E-state index contributed by atoms with van der Waals surface area (Å²) in [6, 6.07) is 14.0. The molecule has 33 heavy (non-hydrogen) atoms. The highest BCUT2D eigenvalue weighted by atomic mass is 16.5. The molecule has 9 heteroatoms. The van der Waals surface area contributed by atoms with Crippen molar-refractivity contribution in [3.05, 3.63) is 77.6 Å². The second-order valence-electron chi connectivity index (χ2n) is 8.97. The zero-order valence-corrected chi connectivity index (χ0v) is 19.1. The van der Waals surface area contributed by atoms with E-state index in [0.717, 1.165) is 17.9 Å². The van der Waals surface area contributed by atoms with Crippen LogP contribution in [0.4, 0.5) is 0 Å². The molecule has 1 aromatic carbocycles. The predicted octanol–water partition coefficient (Wildman–Crippen LogP) is 4.21. The number of hydrogen-bond donors (Lipinski definition) is 0. The smallest absolute Gasteiger partial charge is 0.232 e. The van der Waals surface area contributed by atoms with E-state index >= 15 is 0 Å². The zero-order chi connectivity index (χ0) is 23.0. The minimum atomic E-state index is -0.196. The number of imidazole rings is 1. The molecule has 0 unspecified atom stereocenters. The molecule has 0 radical (unpaired) electrons. The molecule has 0 N–H and O–H groups in total. The van der Waals surface area contributed by atoms with Crippen molar-refractivity contribution in [1.29, 1.82) is 0 Å². The number of fused-ring (bicyclic) bond motifs is 1. The van der Waals surface area contributed by atoms with Gasteiger partial charge in [0.05, 0.1) is 0 Å². The number of rotatable bonds is 6. The van der Waals surface area contributed by atoms with Gasteiger partial charge in [0.25, 0.3) is 0 Å². The van der Waals surface area contributed by atoms with E-state index < -0.39 is 0 Å². The molecule has 0 aliphatic rings. The molecule has 4 aromatic heterocycles. The van der Waals surface area contributed by atoms with E-state index in [2.05, 4.69) is 62.9 Å². The van der Waals surface area contributed by atoms with Gasteiger partial charge in [-0.15, -0.1) is 15.3 Å². The molecule has 4 heterocycles. The summed E-state index contributed by atoms with van der Waals surface area (Å²) in [7, 11) is 0. The second-order valence-corrected chi connectivity index (χ2v) is 8.97. The van der Waals surface area contributed by atoms with Gasteiger partial charge in [-0.2, -0.15) is 4.52 Å². The van der Waals surface area contributed by atoms with Crippen LogP contribution in [0.15, 0.2) is 59.4 Å². The van der Waals surface area contributed by atoms with Gasteiger partial charge in [-0.1, -0.05) is 56.3 Å². The highest BCUT2D eigenvalue weighted by Crippen LogP contribution is 2.30. The van der Waals surface area contributed by atoms with Crippen LogP contribution >= 0.6 is 0 Å². The lowest BCUT2D eigenvalue weighted by Crippen LogP contribution is -2.16. The summed E-state index contributed by atoms with van der Waals surface area (Å²) in [6.07, 6.45) is 3.73. The van der Waals surface area contributed by atoms with E-state index in [-0.39, 0.29) is 12.0 Å². The summed E-state index contributed by atoms with van der Waals surface area (Å²) in [4.78, 5) is 4.48. The Hall–Kier alpha value is -4.01. The summed E-state index contributed by atoms with van der Waals surface area (Å²) in [5.74, 6) is 2.47. The molecular formula is C24H25N7O2. The van der Waals surface area contributed by atoms with Gasteiger partial charge in [-0.3, -0.25) is 0 Å². The highest BCUT2D eigenvalue weighted by Gasteiger charge is 2.24. The number of aromatic nitrogens is 7. The molecule has 0 amide bonds. The fourth-order valence-corrected chi connectivity index (χ4v) is 3.65. The van der Waals surface area contributed by atoms with Crippen LogP contribution in [0, 0.1) is 6.92 Å². The summed E-state index contributed by atoms with van der Waals surface area (Å²) < 4.78 is 15.1. The van der Waals surface area contributed by atoms with Crippen molar-refractivity contribution in [3.8, 4) is 17.4 Å². The Labute approximate surface area is 191 Å². The van der Waals surface area contributed by atoms with Crippen molar-refractivity contribution in [2.24, 2.45) is 0 Å². The first-order valence-electron chi connectivity index (χ1n) is 10.8. The fraction of sp³-hybridized carbons (Fsp3) is 0.292. The minimum absolute atomic E-state index is 0.196. The summed E-state index contributed by atoms with van der Waals surface area (Å²) in [6.45, 7) is 9.19. The third-order valence-corrected chi connectivity index (χ3v) is 5.36. The van der Waals surface area contributed by atoms with Crippen LogP contribution in [0.25, 0.3) is 17.2 Å². The second kappa shape index (κ2) is 8.16. The Morgan fingerprint density at radius 3 is 2.61 bits per heavy atom. The van der Waals surface area contributed by atoms with Crippen LogP contribution in [0.2, 0.25) is 0 Å². The molecule has 168 valence electrons. The summed E-state index contributed by atoms with van der Waals surface area (Å²) in [5.41, 5.74) is 3.21. The quantitative estimate of drug-likeness (QED) is 0.388. The Balaban J connectivity index is 1.47. The normalized spacial score (nSPS) is 11.9. The van der Waals surface area contributed by atoms with Crippen LogP contribution in [0.5, 0.6) is 5.88 Å². The summed E-state index contributed by atoms with van der Waals surface area (Å²) >= 11 is 0. The maximum absolute atomic E-state index is 6.12. The zero-order valence-electron chi connectivity index (χ0n) is 19.1. The lowest BCUT2D eigenvalue weighted by Gasteiger charge is -2.20. The molecule has 0 aliphatic heterocycles. The Morgan fingerprint density at radius 2 is 1.88 bits per heavy atom. The first-order valence-corrected chi connectivity index (χ1v) is 10.8. The van der Waals surface area contributed by atoms with E-state index in [1.807, 2.05) is 43.5 Å². The van der Waals surface area contributed by atoms with E-state index in [1.54, 1.807) is 10.7 Å². The van der Waals surface area contributed by atoms with Gasteiger partial charge < -0.3 is 13.8 Å². The number of ether oxygens (including phenoxy) is 1. The molecule has 9 nitrogen and oxygen atoms in total. The summed E-state index contributed by atoms with van der Waals surface area (Å²) in [5, 5.41) is 17.4. The Morgan fingerprint density at radius 1 is 1.06 bits per heavy atom. The molecule has 0 spiro atoms. The molecule has 0 saturated carbocycles. The van der Waals surface area contributed by atoms with Gasteiger partial charge in [0.15, 0.2) is 11.3 Å². The largest absolute Gasteiger partial charge is 0.468 e. The molecule has 5 rings (SSSR count). The third-order valence-electron chi connectivity index (χ3n) is 5.36. The Bertz CT molecular complexity index is 1390. The third kappa shape index (κ3) is 4.21. The number of nitrogens with zero attached hydrogens (tertiary/aromatic N) is 7. The van der Waals surface area contributed by atoms with Crippen LogP contribution in [-0.4, -0.2) is 34.5 Å². The van der Waals surface area contributed by atoms with Gasteiger partial charge in [0.2, 0.25) is 11.7 Å². The molecular weight excluding hydrogens is 418 g/mol. The van der Waals surface area contributed by atoms with Crippen molar-refractivity contribution in [3.63, 3.8) is 0 Å². The van der Waals surface area contributed by atoms with Gasteiger partial charge in [0, 0.05) is 36.6 Å². The van der Waals surface area contributed by atoms with E-state index in [4.69, 9.17) is 9.26 Å². The van der Waals surface area contributed by atoms with Gasteiger partial charge in [-0.05, 0) is 17.9 Å². The number of benzene rings is 1.